The van der Waals surface area contributed by atoms with Gasteiger partial charge in [0.25, 0.3) is 0 Å². The van der Waals surface area contributed by atoms with Gasteiger partial charge in [0.05, 0.1) is 0 Å². The quantitative estimate of drug-likeness (QED) is 0.771. The minimum atomic E-state index is 0.641. The van der Waals surface area contributed by atoms with Crippen LogP contribution in [0, 0.1) is 0 Å². The molecule has 94 valence electrons. The first kappa shape index (κ1) is 12.3. The second-order valence-electron chi connectivity index (χ2n) is 5.56. The Morgan fingerprint density at radius 1 is 1.31 bits per heavy atom. The van der Waals surface area contributed by atoms with E-state index in [0.717, 1.165) is 31.2 Å². The molecule has 1 N–H and O–H groups in total. The number of nitrogens with one attached hydrogen (secondary N) is 1. The lowest BCUT2D eigenvalue weighted by Gasteiger charge is -2.38. The van der Waals surface area contributed by atoms with Gasteiger partial charge in [-0.3, -0.25) is 0 Å². The molecule has 0 radical (unpaired) electrons. The third-order valence-corrected chi connectivity index (χ3v) is 4.46. The van der Waals surface area contributed by atoms with E-state index in [4.69, 9.17) is 4.74 Å². The first-order valence-corrected chi connectivity index (χ1v) is 6.67. The number of piperidine rings is 1. The van der Waals surface area contributed by atoms with Crippen LogP contribution in [0.4, 0.5) is 0 Å². The van der Waals surface area contributed by atoms with E-state index in [1.165, 1.54) is 25.7 Å². The third kappa shape index (κ3) is 2.76. The lowest BCUT2D eigenvalue weighted by molar-refractivity contribution is 0.102. The van der Waals surface area contributed by atoms with Gasteiger partial charge in [-0.05, 0) is 46.1 Å². The van der Waals surface area contributed by atoms with E-state index < -0.39 is 0 Å². The van der Waals surface area contributed by atoms with E-state index in [1.54, 1.807) is 7.11 Å². The molecule has 0 aromatic rings. The maximum atomic E-state index is 5.17. The lowest BCUT2D eigenvalue weighted by Crippen LogP contribution is -2.49. The van der Waals surface area contributed by atoms with Gasteiger partial charge in [-0.25, -0.2) is 0 Å². The number of fused-ring (bicyclic) bond motifs is 2. The Morgan fingerprint density at radius 3 is 2.50 bits per heavy atom. The van der Waals surface area contributed by atoms with Crippen molar-refractivity contribution >= 4 is 0 Å². The molecule has 0 aromatic carbocycles. The topological polar surface area (TPSA) is 24.5 Å². The van der Waals surface area contributed by atoms with Crippen molar-refractivity contribution in [3.63, 3.8) is 0 Å². The van der Waals surface area contributed by atoms with Gasteiger partial charge in [-0.1, -0.05) is 0 Å². The molecule has 0 spiro atoms. The SMILES string of the molecule is COCCC(C)N(C)C1CC2CCC(C1)N2. The fraction of sp³-hybridized carbons (Fsp3) is 1.00. The number of ether oxygens (including phenoxy) is 1. The monoisotopic (exact) mass is 226 g/mol. The van der Waals surface area contributed by atoms with Crippen molar-refractivity contribution in [1.29, 1.82) is 0 Å². The Labute approximate surface area is 99.5 Å². The second kappa shape index (κ2) is 5.48. The maximum Gasteiger partial charge on any atom is 0.0477 e. The second-order valence-corrected chi connectivity index (χ2v) is 5.56. The third-order valence-electron chi connectivity index (χ3n) is 4.46. The number of rotatable bonds is 5. The summed E-state index contributed by atoms with van der Waals surface area (Å²) in [6, 6.07) is 3.01. The van der Waals surface area contributed by atoms with Crippen LogP contribution in [0.3, 0.4) is 0 Å². The largest absolute Gasteiger partial charge is 0.385 e. The van der Waals surface area contributed by atoms with E-state index >= 15 is 0 Å². The minimum absolute atomic E-state index is 0.641. The predicted molar refractivity (Wildman–Crippen MR) is 66.7 cm³/mol. The Kier molecular flexibility index (Phi) is 4.22. The van der Waals surface area contributed by atoms with Crippen molar-refractivity contribution in [2.45, 2.75) is 63.2 Å². The van der Waals surface area contributed by atoms with Gasteiger partial charge < -0.3 is 15.0 Å². The summed E-state index contributed by atoms with van der Waals surface area (Å²) in [5.41, 5.74) is 0. The van der Waals surface area contributed by atoms with Gasteiger partial charge in [0.1, 0.15) is 0 Å². The van der Waals surface area contributed by atoms with Gasteiger partial charge in [-0.2, -0.15) is 0 Å². The van der Waals surface area contributed by atoms with Gasteiger partial charge in [0.2, 0.25) is 0 Å². The standard InChI is InChI=1S/C13H26N2O/c1-10(6-7-16-3)15(2)13-8-11-4-5-12(9-13)14-11/h10-14H,4-9H2,1-3H3. The molecule has 3 unspecified atom stereocenters. The summed E-state index contributed by atoms with van der Waals surface area (Å²) < 4.78 is 5.17. The van der Waals surface area contributed by atoms with Crippen LogP contribution in [0.2, 0.25) is 0 Å². The summed E-state index contributed by atoms with van der Waals surface area (Å²) in [5.74, 6) is 0. The zero-order valence-corrected chi connectivity index (χ0v) is 10.9. The molecule has 3 atom stereocenters. The normalized spacial score (nSPS) is 35.6. The molecule has 3 nitrogen and oxygen atoms in total. The van der Waals surface area contributed by atoms with Gasteiger partial charge >= 0.3 is 0 Å². The van der Waals surface area contributed by atoms with E-state index in [2.05, 4.69) is 24.2 Å². The van der Waals surface area contributed by atoms with Crippen molar-refractivity contribution in [3.8, 4) is 0 Å². The average Bonchev–Trinajstić information content (AvgIpc) is 2.64. The fourth-order valence-electron chi connectivity index (χ4n) is 3.21. The summed E-state index contributed by atoms with van der Waals surface area (Å²) in [6.45, 7) is 3.20. The number of hydrogen-bond donors (Lipinski definition) is 1. The number of hydrogen-bond acceptors (Lipinski definition) is 3. The molecule has 3 heteroatoms. The van der Waals surface area contributed by atoms with E-state index in [-0.39, 0.29) is 0 Å². The smallest absolute Gasteiger partial charge is 0.0477 e. The van der Waals surface area contributed by atoms with Gasteiger partial charge in [0, 0.05) is 37.9 Å². The fourth-order valence-corrected chi connectivity index (χ4v) is 3.21. The van der Waals surface area contributed by atoms with Crippen molar-refractivity contribution in [3.05, 3.63) is 0 Å². The molecule has 2 fully saturated rings. The summed E-state index contributed by atoms with van der Waals surface area (Å²) in [5, 5.41) is 3.71. The van der Waals surface area contributed by atoms with Crippen LogP contribution in [0.25, 0.3) is 0 Å². The maximum absolute atomic E-state index is 5.17. The zero-order chi connectivity index (χ0) is 11.5. The van der Waals surface area contributed by atoms with E-state index in [1.807, 2.05) is 0 Å². The summed E-state index contributed by atoms with van der Waals surface area (Å²) in [7, 11) is 4.08. The molecule has 0 aliphatic carbocycles. The van der Waals surface area contributed by atoms with Crippen LogP contribution >= 0.6 is 0 Å². The van der Waals surface area contributed by atoms with Crippen molar-refractivity contribution in [2.24, 2.45) is 0 Å². The van der Waals surface area contributed by atoms with Crippen LogP contribution in [0.15, 0.2) is 0 Å². The highest BCUT2D eigenvalue weighted by Crippen LogP contribution is 2.30. The summed E-state index contributed by atoms with van der Waals surface area (Å²) >= 11 is 0. The highest BCUT2D eigenvalue weighted by atomic mass is 16.5. The van der Waals surface area contributed by atoms with Crippen LogP contribution in [-0.4, -0.2) is 49.8 Å². The molecule has 16 heavy (non-hydrogen) atoms. The van der Waals surface area contributed by atoms with E-state index in [9.17, 15) is 0 Å². The van der Waals surface area contributed by atoms with Gasteiger partial charge in [0.15, 0.2) is 0 Å². The molecule has 0 saturated carbocycles. The molecule has 2 saturated heterocycles. The average molecular weight is 226 g/mol. The molecule has 0 amide bonds. The molecular weight excluding hydrogens is 200 g/mol. The summed E-state index contributed by atoms with van der Waals surface area (Å²) in [6.07, 6.45) is 6.60. The lowest BCUT2D eigenvalue weighted by atomic mass is 9.97. The molecule has 2 aliphatic heterocycles. The van der Waals surface area contributed by atoms with Crippen LogP contribution < -0.4 is 5.32 Å². The van der Waals surface area contributed by atoms with Crippen molar-refractivity contribution in [2.75, 3.05) is 20.8 Å². The molecule has 2 bridgehead atoms. The Hall–Kier alpha value is -0.120. The van der Waals surface area contributed by atoms with Crippen molar-refractivity contribution < 1.29 is 4.74 Å². The number of nitrogens with zero attached hydrogens (tertiary/aromatic N) is 1. The minimum Gasteiger partial charge on any atom is -0.385 e. The summed E-state index contributed by atoms with van der Waals surface area (Å²) in [4.78, 5) is 2.57. The highest BCUT2D eigenvalue weighted by molar-refractivity contribution is 4.95. The zero-order valence-electron chi connectivity index (χ0n) is 10.9. The molecule has 2 rings (SSSR count). The Morgan fingerprint density at radius 2 is 1.94 bits per heavy atom. The number of methoxy groups -OCH3 is 1. The highest BCUT2D eigenvalue weighted by Gasteiger charge is 2.35. The van der Waals surface area contributed by atoms with Crippen LogP contribution in [0.1, 0.15) is 39.0 Å². The van der Waals surface area contributed by atoms with Crippen LogP contribution in [-0.2, 0) is 4.74 Å². The molecule has 0 aromatic heterocycles. The first-order chi connectivity index (χ1) is 7.70. The Bertz CT molecular complexity index is 210. The van der Waals surface area contributed by atoms with Crippen molar-refractivity contribution in [1.82, 2.24) is 10.2 Å². The predicted octanol–water partition coefficient (Wildman–Crippen LogP) is 1.63. The molecule has 2 aliphatic rings. The Balaban J connectivity index is 1.82. The molecule has 2 heterocycles. The first-order valence-electron chi connectivity index (χ1n) is 6.67. The molecular formula is C13H26N2O. The van der Waals surface area contributed by atoms with E-state index in [0.29, 0.717) is 6.04 Å². The van der Waals surface area contributed by atoms with Gasteiger partial charge in [-0.15, -0.1) is 0 Å². The van der Waals surface area contributed by atoms with Crippen LogP contribution in [0.5, 0.6) is 0 Å².